The maximum Gasteiger partial charge on any atom is 0.352 e. The predicted octanol–water partition coefficient (Wildman–Crippen LogP) is 3.59. The second-order valence-corrected chi connectivity index (χ2v) is 13.1. The first-order chi connectivity index (χ1) is 19.1. The van der Waals surface area contributed by atoms with Gasteiger partial charge >= 0.3 is 11.9 Å². The van der Waals surface area contributed by atoms with Crippen molar-refractivity contribution in [3.8, 4) is 11.5 Å². The number of esters is 1. The standard InChI is InChI=1S/C18H28O3S.C10H12N2O5S/c1-3-4-5-6-7-8-11-22(19)15(2)12-16-9-10-17-18(13-16)21-14-20-17;1-4(13)17-2-5-3-18-9-6(11)8(14)12(9)7(5)10(15)16/h9-10,13,15H,3-8,11-12,14H2,1-2H3;6,9H,2-3,11H2,1H3,(H,15,16)/t;6-,9-/m.1/s1. The van der Waals surface area contributed by atoms with Crippen molar-refractivity contribution in [2.24, 2.45) is 5.73 Å². The number of hydrogen-bond acceptors (Lipinski definition) is 9. The number of thioether (sulfide) groups is 1. The van der Waals surface area contributed by atoms with Crippen molar-refractivity contribution in [2.45, 2.75) is 82.4 Å². The summed E-state index contributed by atoms with van der Waals surface area (Å²) in [5.74, 6) is 0.726. The summed E-state index contributed by atoms with van der Waals surface area (Å²) < 4.78 is 27.8. The van der Waals surface area contributed by atoms with Crippen molar-refractivity contribution in [3.05, 3.63) is 35.0 Å². The molecule has 3 heterocycles. The van der Waals surface area contributed by atoms with E-state index in [1.165, 1.54) is 61.3 Å². The Labute approximate surface area is 242 Å². The van der Waals surface area contributed by atoms with Crippen LogP contribution in [-0.2, 0) is 36.3 Å². The molecule has 3 aliphatic heterocycles. The number of ether oxygens (including phenoxy) is 3. The molecule has 10 nitrogen and oxygen atoms in total. The lowest BCUT2D eigenvalue weighted by Gasteiger charge is -2.47. The highest BCUT2D eigenvalue weighted by molar-refractivity contribution is 8.00. The number of carboxylic acids is 1. The van der Waals surface area contributed by atoms with Crippen molar-refractivity contribution < 1.29 is 37.9 Å². The van der Waals surface area contributed by atoms with Crippen LogP contribution in [0.5, 0.6) is 11.5 Å². The first-order valence-corrected chi connectivity index (χ1v) is 16.1. The number of nitrogens with zero attached hydrogens (tertiary/aromatic N) is 1. The third-order valence-corrected chi connectivity index (χ3v) is 9.96. The molecule has 0 spiro atoms. The Kier molecular flexibility index (Phi) is 12.3. The van der Waals surface area contributed by atoms with Crippen molar-refractivity contribution in [3.63, 3.8) is 0 Å². The van der Waals surface area contributed by atoms with Crippen LogP contribution in [0.1, 0.15) is 64.9 Å². The van der Waals surface area contributed by atoms with Crippen LogP contribution in [0, 0.1) is 0 Å². The molecular weight excluding hydrogens is 556 g/mol. The molecule has 3 N–H and O–H groups in total. The zero-order chi connectivity index (χ0) is 29.2. The molecule has 12 heteroatoms. The van der Waals surface area contributed by atoms with Crippen LogP contribution in [0.4, 0.5) is 0 Å². The van der Waals surface area contributed by atoms with Gasteiger partial charge in [0.15, 0.2) is 11.5 Å². The minimum atomic E-state index is -1.21. The molecule has 222 valence electrons. The van der Waals surface area contributed by atoms with Gasteiger partial charge < -0.3 is 25.1 Å². The fourth-order valence-corrected chi connectivity index (χ4v) is 7.14. The number of unbranched alkanes of at least 4 members (excludes halogenated alkanes) is 5. The third-order valence-electron chi connectivity index (χ3n) is 6.85. The van der Waals surface area contributed by atoms with Crippen molar-refractivity contribution >= 4 is 40.4 Å². The van der Waals surface area contributed by atoms with Gasteiger partial charge in [-0.05, 0) is 30.5 Å². The number of rotatable bonds is 13. The summed E-state index contributed by atoms with van der Waals surface area (Å²) in [7, 11) is -0.743. The summed E-state index contributed by atoms with van der Waals surface area (Å²) in [5.41, 5.74) is 7.08. The van der Waals surface area contributed by atoms with Gasteiger partial charge in [-0.3, -0.25) is 18.7 Å². The van der Waals surface area contributed by atoms with Gasteiger partial charge in [-0.1, -0.05) is 52.0 Å². The lowest BCUT2D eigenvalue weighted by Crippen LogP contribution is -2.68. The number of benzene rings is 1. The van der Waals surface area contributed by atoms with E-state index < -0.39 is 34.7 Å². The zero-order valence-corrected chi connectivity index (χ0v) is 25.0. The molecule has 3 aliphatic rings. The van der Waals surface area contributed by atoms with Gasteiger partial charge in [-0.25, -0.2) is 4.79 Å². The van der Waals surface area contributed by atoms with Crippen LogP contribution in [0.3, 0.4) is 0 Å². The lowest BCUT2D eigenvalue weighted by molar-refractivity contribution is -0.148. The number of carbonyl (C=O) groups excluding carboxylic acids is 2. The third kappa shape index (κ3) is 8.47. The van der Waals surface area contributed by atoms with E-state index in [0.29, 0.717) is 18.1 Å². The maximum absolute atomic E-state index is 12.3. The Bertz CT molecular complexity index is 1130. The number of fused-ring (bicyclic) bond motifs is 2. The van der Waals surface area contributed by atoms with E-state index in [0.717, 1.165) is 30.1 Å². The van der Waals surface area contributed by atoms with Gasteiger partial charge in [-0.15, -0.1) is 11.8 Å². The zero-order valence-electron chi connectivity index (χ0n) is 23.4. The van der Waals surface area contributed by atoms with Crippen molar-refractivity contribution in [1.82, 2.24) is 4.90 Å². The van der Waals surface area contributed by atoms with Crippen molar-refractivity contribution in [1.29, 1.82) is 0 Å². The number of carbonyl (C=O) groups is 3. The molecule has 1 amide bonds. The minimum absolute atomic E-state index is 0.105. The average molecular weight is 597 g/mol. The molecule has 2 unspecified atom stereocenters. The first kappa shape index (κ1) is 32.0. The number of amides is 1. The Morgan fingerprint density at radius 1 is 1.20 bits per heavy atom. The molecular formula is C28H40N2O8S2. The van der Waals surface area contributed by atoms with Gasteiger partial charge in [0, 0.05) is 40.1 Å². The summed E-state index contributed by atoms with van der Waals surface area (Å²) in [4.78, 5) is 34.7. The van der Waals surface area contributed by atoms with E-state index in [9.17, 15) is 18.6 Å². The molecule has 0 aromatic heterocycles. The number of β-lactam (4-membered cyclic amide) rings is 1. The number of hydrogen-bond donors (Lipinski definition) is 2. The highest BCUT2D eigenvalue weighted by atomic mass is 32.2. The van der Waals surface area contributed by atoms with E-state index in [1.807, 2.05) is 18.2 Å². The molecule has 1 saturated heterocycles. The Balaban J connectivity index is 0.000000225. The van der Waals surface area contributed by atoms with Crippen LogP contribution in [-0.4, -0.2) is 73.6 Å². The predicted molar refractivity (Wildman–Crippen MR) is 154 cm³/mol. The van der Waals surface area contributed by atoms with Gasteiger partial charge in [0.05, 0.1) is 0 Å². The summed E-state index contributed by atoms with van der Waals surface area (Å²) in [6, 6.07) is 5.35. The van der Waals surface area contributed by atoms with E-state index >= 15 is 0 Å². The number of nitrogens with two attached hydrogens (primary N) is 1. The monoisotopic (exact) mass is 596 g/mol. The molecule has 4 atom stereocenters. The highest BCUT2D eigenvalue weighted by Crippen LogP contribution is 2.39. The maximum atomic E-state index is 12.3. The Morgan fingerprint density at radius 3 is 2.60 bits per heavy atom. The van der Waals surface area contributed by atoms with E-state index in [1.54, 1.807) is 0 Å². The van der Waals surface area contributed by atoms with Crippen LogP contribution >= 0.6 is 11.8 Å². The molecule has 1 fully saturated rings. The topological polar surface area (TPSA) is 145 Å². The quantitative estimate of drug-likeness (QED) is 0.197. The second kappa shape index (κ2) is 15.4. The first-order valence-electron chi connectivity index (χ1n) is 13.7. The van der Waals surface area contributed by atoms with Gasteiger partial charge in [0.1, 0.15) is 23.7 Å². The summed E-state index contributed by atoms with van der Waals surface area (Å²) in [6.45, 7) is 5.74. The number of carboxylic acid groups (broad SMARTS) is 1. The molecule has 0 aliphatic carbocycles. The Hall–Kier alpha value is -2.57. The molecule has 0 saturated carbocycles. The lowest BCUT2D eigenvalue weighted by atomic mass is 10.0. The minimum Gasteiger partial charge on any atom is -0.477 e. The van der Waals surface area contributed by atoms with E-state index in [2.05, 4.69) is 13.8 Å². The molecule has 1 aromatic rings. The van der Waals surface area contributed by atoms with Gasteiger partial charge in [-0.2, -0.15) is 0 Å². The number of aliphatic carboxylic acids is 1. The molecule has 40 heavy (non-hydrogen) atoms. The van der Waals surface area contributed by atoms with Gasteiger partial charge in [0.25, 0.3) is 0 Å². The fourth-order valence-electron chi connectivity index (χ4n) is 4.60. The second-order valence-electron chi connectivity index (χ2n) is 10.0. The molecule has 0 bridgehead atoms. The normalized spacial score (nSPS) is 20.6. The molecule has 0 radical (unpaired) electrons. The highest BCUT2D eigenvalue weighted by Gasteiger charge is 2.51. The summed E-state index contributed by atoms with van der Waals surface area (Å²) >= 11 is 1.37. The molecule has 4 rings (SSSR count). The molecule has 1 aromatic carbocycles. The van der Waals surface area contributed by atoms with Crippen molar-refractivity contribution in [2.75, 3.05) is 24.9 Å². The summed E-state index contributed by atoms with van der Waals surface area (Å²) in [5, 5.41) is 9.02. The van der Waals surface area contributed by atoms with Crippen LogP contribution in [0.25, 0.3) is 0 Å². The average Bonchev–Trinajstić information content (AvgIpc) is 3.40. The Morgan fingerprint density at radius 2 is 1.90 bits per heavy atom. The summed E-state index contributed by atoms with van der Waals surface area (Å²) in [6.07, 6.45) is 8.32. The van der Waals surface area contributed by atoms with Gasteiger partial charge in [0.2, 0.25) is 12.7 Å². The smallest absolute Gasteiger partial charge is 0.352 e. The van der Waals surface area contributed by atoms with Crippen LogP contribution < -0.4 is 15.2 Å². The SMILES string of the molecule is CC(=O)OCC1=C(C(=O)O)N2C(=O)[C@@H](N)[C@H]2SC1.CCCCCCCCS(=O)C(C)Cc1ccc2c(c1)OCO2. The largest absolute Gasteiger partial charge is 0.477 e. The van der Waals surface area contributed by atoms with E-state index in [4.69, 9.17) is 25.1 Å². The fraction of sp³-hybridized carbons (Fsp3) is 0.607. The van der Waals surface area contributed by atoms with Crippen LogP contribution in [0.15, 0.2) is 29.5 Å². The van der Waals surface area contributed by atoms with E-state index in [-0.39, 0.29) is 22.9 Å². The van der Waals surface area contributed by atoms with Crippen LogP contribution in [0.2, 0.25) is 0 Å².